The second-order valence-electron chi connectivity index (χ2n) is 5.87. The van der Waals surface area contributed by atoms with E-state index in [0.717, 1.165) is 10.0 Å². The van der Waals surface area contributed by atoms with Gasteiger partial charge in [-0.25, -0.2) is 0 Å². The van der Waals surface area contributed by atoms with Crippen LogP contribution in [0.2, 0.25) is 0 Å². The van der Waals surface area contributed by atoms with Crippen LogP contribution in [-0.4, -0.2) is 16.8 Å². The molecule has 0 radical (unpaired) electrons. The maximum absolute atomic E-state index is 12.4. The number of nitrogens with one attached hydrogen (secondary N) is 1. The Labute approximate surface area is 156 Å². The molecule has 0 fully saturated rings. The van der Waals surface area contributed by atoms with Crippen LogP contribution in [0.15, 0.2) is 70.8 Å². The number of hydrogen-bond acceptors (Lipinski definition) is 3. The summed E-state index contributed by atoms with van der Waals surface area (Å²) in [6.45, 7) is 4.69. The summed E-state index contributed by atoms with van der Waals surface area (Å²) in [5.41, 5.74) is 1.85. The van der Waals surface area contributed by atoms with Crippen LogP contribution in [0.5, 0.6) is 0 Å². The fraction of sp³-hybridized carbons (Fsp3) is 0.200. The average Bonchev–Trinajstić information content (AvgIpc) is 2.61. The standard InChI is InChI=1S/C20H20BrN3O/c1-15(2)24(13-16-6-4-3-5-7-16)14-17(12-22)20(25)23-19-10-8-18(21)9-11-19/h3-11,14-15H,13H2,1-2H3,(H,23,25)/b17-14-. The van der Waals surface area contributed by atoms with Gasteiger partial charge in [-0.1, -0.05) is 46.3 Å². The normalized spacial score (nSPS) is 11.1. The molecule has 0 aliphatic carbocycles. The van der Waals surface area contributed by atoms with E-state index in [1.165, 1.54) is 0 Å². The van der Waals surface area contributed by atoms with Crippen molar-refractivity contribution in [1.29, 1.82) is 5.26 Å². The monoisotopic (exact) mass is 397 g/mol. The molecule has 25 heavy (non-hydrogen) atoms. The van der Waals surface area contributed by atoms with Gasteiger partial charge in [-0.05, 0) is 43.7 Å². The van der Waals surface area contributed by atoms with Crippen molar-refractivity contribution < 1.29 is 4.79 Å². The van der Waals surface area contributed by atoms with Crippen molar-refractivity contribution in [3.05, 3.63) is 76.4 Å². The number of rotatable bonds is 6. The lowest BCUT2D eigenvalue weighted by atomic mass is 10.2. The second kappa shape index (κ2) is 9.05. The van der Waals surface area contributed by atoms with E-state index in [2.05, 4.69) is 21.2 Å². The minimum absolute atomic E-state index is 0.0764. The molecule has 0 aliphatic rings. The summed E-state index contributed by atoms with van der Waals surface area (Å²) in [4.78, 5) is 14.4. The van der Waals surface area contributed by atoms with Gasteiger partial charge in [0.05, 0.1) is 0 Å². The third kappa shape index (κ3) is 5.77. The Hall–Kier alpha value is -2.58. The number of nitrogens with zero attached hydrogens (tertiary/aromatic N) is 2. The molecule has 5 heteroatoms. The predicted molar refractivity (Wildman–Crippen MR) is 104 cm³/mol. The van der Waals surface area contributed by atoms with Crippen LogP contribution in [0.4, 0.5) is 5.69 Å². The zero-order chi connectivity index (χ0) is 18.2. The molecule has 0 unspecified atom stereocenters. The van der Waals surface area contributed by atoms with Crippen LogP contribution in [-0.2, 0) is 11.3 Å². The predicted octanol–water partition coefficient (Wildman–Crippen LogP) is 4.71. The lowest BCUT2D eigenvalue weighted by Gasteiger charge is -2.25. The van der Waals surface area contributed by atoms with E-state index in [1.54, 1.807) is 18.3 Å². The molecule has 0 aromatic heterocycles. The SMILES string of the molecule is CC(C)N(/C=C(/C#N)C(=O)Nc1ccc(Br)cc1)Cc1ccccc1. The zero-order valence-corrected chi connectivity index (χ0v) is 15.8. The van der Waals surface area contributed by atoms with Gasteiger partial charge in [0.1, 0.15) is 11.6 Å². The number of carbonyl (C=O) groups excluding carboxylic acids is 1. The van der Waals surface area contributed by atoms with Gasteiger partial charge >= 0.3 is 0 Å². The number of halogens is 1. The summed E-state index contributed by atoms with van der Waals surface area (Å²) in [7, 11) is 0. The Morgan fingerprint density at radius 1 is 1.20 bits per heavy atom. The molecule has 4 nitrogen and oxygen atoms in total. The fourth-order valence-electron chi connectivity index (χ4n) is 2.21. The summed E-state index contributed by atoms with van der Waals surface area (Å²) >= 11 is 3.35. The van der Waals surface area contributed by atoms with Crippen LogP contribution in [0.1, 0.15) is 19.4 Å². The lowest BCUT2D eigenvalue weighted by Crippen LogP contribution is -2.27. The largest absolute Gasteiger partial charge is 0.369 e. The van der Waals surface area contributed by atoms with Gasteiger partial charge in [-0.3, -0.25) is 4.79 Å². The molecular weight excluding hydrogens is 378 g/mol. The molecule has 2 rings (SSSR count). The quantitative estimate of drug-likeness (QED) is 0.567. The van der Waals surface area contributed by atoms with E-state index in [-0.39, 0.29) is 11.6 Å². The number of anilines is 1. The first-order valence-corrected chi connectivity index (χ1v) is 8.77. The second-order valence-corrected chi connectivity index (χ2v) is 6.78. The first kappa shape index (κ1) is 18.8. The highest BCUT2D eigenvalue weighted by atomic mass is 79.9. The zero-order valence-electron chi connectivity index (χ0n) is 14.2. The van der Waals surface area contributed by atoms with E-state index in [9.17, 15) is 10.1 Å². The third-order valence-corrected chi connectivity index (χ3v) is 4.16. The highest BCUT2D eigenvalue weighted by Crippen LogP contribution is 2.16. The maximum Gasteiger partial charge on any atom is 0.267 e. The van der Waals surface area contributed by atoms with Gasteiger partial charge in [0.2, 0.25) is 0 Å². The van der Waals surface area contributed by atoms with E-state index in [4.69, 9.17) is 0 Å². The molecule has 0 heterocycles. The van der Waals surface area contributed by atoms with Crippen molar-refractivity contribution in [2.45, 2.75) is 26.4 Å². The number of hydrogen-bond donors (Lipinski definition) is 1. The average molecular weight is 398 g/mol. The number of nitriles is 1. The Kier molecular flexibility index (Phi) is 6.79. The summed E-state index contributed by atoms with van der Waals surface area (Å²) < 4.78 is 0.926. The van der Waals surface area contributed by atoms with Crippen LogP contribution in [0, 0.1) is 11.3 Å². The third-order valence-electron chi connectivity index (χ3n) is 3.63. The Morgan fingerprint density at radius 3 is 2.40 bits per heavy atom. The van der Waals surface area contributed by atoms with E-state index >= 15 is 0 Å². The fourth-order valence-corrected chi connectivity index (χ4v) is 2.47. The smallest absolute Gasteiger partial charge is 0.267 e. The van der Waals surface area contributed by atoms with Crippen LogP contribution in [0.25, 0.3) is 0 Å². The molecule has 128 valence electrons. The highest BCUT2D eigenvalue weighted by Gasteiger charge is 2.14. The minimum atomic E-state index is -0.413. The van der Waals surface area contributed by atoms with Crippen molar-refractivity contribution in [3.63, 3.8) is 0 Å². The summed E-state index contributed by atoms with van der Waals surface area (Å²) in [5.74, 6) is -0.413. The summed E-state index contributed by atoms with van der Waals surface area (Å²) in [5, 5.41) is 12.2. The summed E-state index contributed by atoms with van der Waals surface area (Å²) in [6, 6.07) is 19.4. The molecule has 0 saturated carbocycles. The van der Waals surface area contributed by atoms with Crippen molar-refractivity contribution in [2.24, 2.45) is 0 Å². The van der Waals surface area contributed by atoms with Gasteiger partial charge in [-0.15, -0.1) is 0 Å². The van der Waals surface area contributed by atoms with Gasteiger partial charge in [0.25, 0.3) is 5.91 Å². The Morgan fingerprint density at radius 2 is 1.84 bits per heavy atom. The van der Waals surface area contributed by atoms with Gasteiger partial charge < -0.3 is 10.2 Å². The topological polar surface area (TPSA) is 56.1 Å². The van der Waals surface area contributed by atoms with Crippen molar-refractivity contribution in [2.75, 3.05) is 5.32 Å². The van der Waals surface area contributed by atoms with Crippen molar-refractivity contribution in [1.82, 2.24) is 4.90 Å². The highest BCUT2D eigenvalue weighted by molar-refractivity contribution is 9.10. The molecule has 0 saturated heterocycles. The van der Waals surface area contributed by atoms with E-state index < -0.39 is 5.91 Å². The van der Waals surface area contributed by atoms with Crippen molar-refractivity contribution in [3.8, 4) is 6.07 Å². The molecule has 0 spiro atoms. The molecule has 1 N–H and O–H groups in total. The van der Waals surface area contributed by atoms with E-state index in [1.807, 2.05) is 67.3 Å². The molecule has 0 bridgehead atoms. The number of benzene rings is 2. The number of amides is 1. The molecule has 0 aliphatic heterocycles. The summed E-state index contributed by atoms with van der Waals surface area (Å²) in [6.07, 6.45) is 1.63. The lowest BCUT2D eigenvalue weighted by molar-refractivity contribution is -0.112. The molecule has 1 amide bonds. The molecule has 0 atom stereocenters. The van der Waals surface area contributed by atoms with Gasteiger partial charge in [0, 0.05) is 28.9 Å². The van der Waals surface area contributed by atoms with Gasteiger partial charge in [0.15, 0.2) is 0 Å². The first-order valence-electron chi connectivity index (χ1n) is 7.98. The number of carbonyl (C=O) groups is 1. The Balaban J connectivity index is 2.15. The molecule has 2 aromatic rings. The van der Waals surface area contributed by atoms with Crippen LogP contribution in [0.3, 0.4) is 0 Å². The minimum Gasteiger partial charge on any atom is -0.369 e. The van der Waals surface area contributed by atoms with Crippen LogP contribution >= 0.6 is 15.9 Å². The Bertz CT molecular complexity index is 777. The molecular formula is C20H20BrN3O. The van der Waals surface area contributed by atoms with Crippen LogP contribution < -0.4 is 5.32 Å². The van der Waals surface area contributed by atoms with Gasteiger partial charge in [-0.2, -0.15) is 5.26 Å². The molecule has 2 aromatic carbocycles. The van der Waals surface area contributed by atoms with Crippen molar-refractivity contribution >= 4 is 27.5 Å². The first-order chi connectivity index (χ1) is 12.0. The maximum atomic E-state index is 12.4. The van der Waals surface area contributed by atoms with E-state index in [0.29, 0.717) is 12.2 Å².